The van der Waals surface area contributed by atoms with Gasteiger partial charge in [0.2, 0.25) is 0 Å². The third-order valence-electron chi connectivity index (χ3n) is 5.83. The van der Waals surface area contributed by atoms with E-state index in [1.165, 1.54) is 5.48 Å². The minimum Gasteiger partial charge on any atom is -0.492 e. The summed E-state index contributed by atoms with van der Waals surface area (Å²) in [5.41, 5.74) is 1.31. The van der Waals surface area contributed by atoms with Gasteiger partial charge in [-0.25, -0.2) is 14.3 Å². The van der Waals surface area contributed by atoms with E-state index in [1.54, 1.807) is 12.1 Å². The van der Waals surface area contributed by atoms with E-state index in [0.29, 0.717) is 12.2 Å². The number of carbonyl (C=O) groups is 1. The molecule has 186 valence electrons. The maximum absolute atomic E-state index is 13.1. The lowest BCUT2D eigenvalue weighted by atomic mass is 9.95. The average molecular weight is 480 g/mol. The molecule has 2 aromatic carbocycles. The molecule has 0 bridgehead atoms. The van der Waals surface area contributed by atoms with Crippen molar-refractivity contribution in [1.29, 1.82) is 0 Å². The predicted molar refractivity (Wildman–Crippen MR) is 122 cm³/mol. The largest absolute Gasteiger partial charge is 0.492 e. The summed E-state index contributed by atoms with van der Waals surface area (Å²) >= 11 is 0. The molecular weight excluding hydrogens is 448 g/mol. The Hall–Kier alpha value is -2.63. The van der Waals surface area contributed by atoms with Gasteiger partial charge in [0.15, 0.2) is 0 Å². The summed E-state index contributed by atoms with van der Waals surface area (Å²) in [6, 6.07) is 13.4. The molecule has 1 fully saturated rings. The molecule has 0 saturated carbocycles. The molecule has 4 N–H and O–H groups in total. The van der Waals surface area contributed by atoms with Gasteiger partial charge in [0.05, 0.1) is 13.2 Å². The van der Waals surface area contributed by atoms with Crippen molar-refractivity contribution in [2.75, 3.05) is 39.5 Å². The van der Waals surface area contributed by atoms with E-state index < -0.39 is 24.0 Å². The fourth-order valence-electron chi connectivity index (χ4n) is 3.65. The molecule has 10 heteroatoms. The topological polar surface area (TPSA) is 103 Å². The molecule has 8 nitrogen and oxygen atoms in total. The van der Waals surface area contributed by atoms with Crippen LogP contribution in [0, 0.1) is 0 Å². The number of amides is 1. The molecule has 1 amide bonds. The van der Waals surface area contributed by atoms with E-state index in [9.17, 15) is 18.7 Å². The van der Waals surface area contributed by atoms with Gasteiger partial charge in [0, 0.05) is 26.2 Å². The van der Waals surface area contributed by atoms with Crippen LogP contribution < -0.4 is 15.5 Å². The number of hydroxylamine groups is 1. The van der Waals surface area contributed by atoms with Gasteiger partial charge in [-0.2, -0.15) is 0 Å². The number of hydrogen-bond acceptors (Lipinski definition) is 7. The lowest BCUT2D eigenvalue weighted by Gasteiger charge is -2.31. The fourth-order valence-corrected chi connectivity index (χ4v) is 3.65. The second-order valence-corrected chi connectivity index (χ2v) is 8.34. The molecule has 34 heavy (non-hydrogen) atoms. The highest BCUT2D eigenvalue weighted by molar-refractivity contribution is 5.82. The number of aliphatic hydroxyl groups is 1. The van der Waals surface area contributed by atoms with E-state index in [0.717, 1.165) is 56.6 Å². The number of halogens is 2. The summed E-state index contributed by atoms with van der Waals surface area (Å²) in [7, 11) is 0. The highest BCUT2D eigenvalue weighted by atomic mass is 19.3. The first-order valence-corrected chi connectivity index (χ1v) is 11.1. The molecule has 0 aromatic heterocycles. The summed E-state index contributed by atoms with van der Waals surface area (Å²) in [6.07, 6.45) is -3.18. The molecule has 1 aliphatic rings. The highest BCUT2D eigenvalue weighted by Crippen LogP contribution is 2.24. The van der Waals surface area contributed by atoms with Crippen LogP contribution >= 0.6 is 0 Å². The third kappa shape index (κ3) is 6.94. The van der Waals surface area contributed by atoms with E-state index >= 15 is 0 Å². The third-order valence-corrected chi connectivity index (χ3v) is 5.83. The molecule has 1 aliphatic heterocycles. The van der Waals surface area contributed by atoms with Crippen LogP contribution in [0.1, 0.15) is 12.5 Å². The molecule has 2 atom stereocenters. The zero-order chi connectivity index (χ0) is 24.6. The number of alkyl halides is 2. The Bertz CT molecular complexity index is 904. The Kier molecular flexibility index (Phi) is 9.31. The van der Waals surface area contributed by atoms with Crippen molar-refractivity contribution in [3.8, 4) is 16.9 Å². The first-order valence-electron chi connectivity index (χ1n) is 11.1. The normalized spacial score (nSPS) is 17.2. The number of nitrogens with one attached hydrogen (secondary N) is 2. The number of nitrogens with zero attached hydrogens (tertiary/aromatic N) is 1. The zero-order valence-corrected chi connectivity index (χ0v) is 19.0. The van der Waals surface area contributed by atoms with E-state index in [2.05, 4.69) is 10.2 Å². The number of hydrogen-bond donors (Lipinski definition) is 4. The van der Waals surface area contributed by atoms with Crippen molar-refractivity contribution in [2.45, 2.75) is 31.5 Å². The monoisotopic (exact) mass is 479 g/mol. The Morgan fingerprint density at radius 1 is 1.12 bits per heavy atom. The molecule has 2 aromatic rings. The van der Waals surface area contributed by atoms with Crippen LogP contribution in [-0.2, 0) is 16.1 Å². The summed E-state index contributed by atoms with van der Waals surface area (Å²) < 4.78 is 37.5. The molecule has 0 unspecified atom stereocenters. The first kappa shape index (κ1) is 26.0. The van der Waals surface area contributed by atoms with Gasteiger partial charge < -0.3 is 14.6 Å². The Morgan fingerprint density at radius 3 is 2.26 bits per heavy atom. The van der Waals surface area contributed by atoms with E-state index in [4.69, 9.17) is 14.7 Å². The highest BCUT2D eigenvalue weighted by Gasteiger charge is 2.44. The molecule has 3 rings (SSSR count). The zero-order valence-electron chi connectivity index (χ0n) is 19.0. The van der Waals surface area contributed by atoms with Crippen LogP contribution in [0.15, 0.2) is 48.5 Å². The lowest BCUT2D eigenvalue weighted by molar-refractivity contribution is -0.150. The van der Waals surface area contributed by atoms with Gasteiger partial charge in [-0.1, -0.05) is 36.4 Å². The van der Waals surface area contributed by atoms with Gasteiger partial charge in [0.1, 0.15) is 24.0 Å². The summed E-state index contributed by atoms with van der Waals surface area (Å²) in [6.45, 7) is 5.71. The smallest absolute Gasteiger partial charge is 0.268 e. The Morgan fingerprint density at radius 2 is 1.71 bits per heavy atom. The summed E-state index contributed by atoms with van der Waals surface area (Å²) in [5, 5.41) is 21.4. The summed E-state index contributed by atoms with van der Waals surface area (Å²) in [4.78, 5) is 14.1. The summed E-state index contributed by atoms with van der Waals surface area (Å²) in [5.74, 6) is -0.355. The van der Waals surface area contributed by atoms with Gasteiger partial charge in [0.25, 0.3) is 12.3 Å². The number of rotatable bonds is 11. The molecule has 0 aliphatic carbocycles. The molecule has 1 saturated heterocycles. The Labute approximate surface area is 197 Å². The number of morpholine rings is 1. The quantitative estimate of drug-likeness (QED) is 0.289. The maximum atomic E-state index is 13.1. The van der Waals surface area contributed by atoms with Crippen LogP contribution in [0.2, 0.25) is 0 Å². The molecule has 1 heterocycles. The molecular formula is C24H31F2N3O5. The van der Waals surface area contributed by atoms with Crippen LogP contribution in [0.3, 0.4) is 0 Å². The average Bonchev–Trinajstić information content (AvgIpc) is 2.85. The Balaban J connectivity index is 1.53. The van der Waals surface area contributed by atoms with Crippen molar-refractivity contribution >= 4 is 5.91 Å². The van der Waals surface area contributed by atoms with Crippen LogP contribution in [0.25, 0.3) is 11.1 Å². The van der Waals surface area contributed by atoms with Crippen molar-refractivity contribution in [1.82, 2.24) is 15.7 Å². The number of ether oxygens (including phenoxy) is 2. The standard InChI is InChI=1S/C24H31F2N3O5/c1-24(31,23(25)26)21(22(30)28-32)27-16-17-2-4-18(5-3-17)19-6-8-20(9-7-19)34-15-12-29-10-13-33-14-11-29/h2-9,21,23,27,31-32H,10-16H2,1H3,(H,28,30)/t21-,24+/m1/s1. The van der Waals surface area contributed by atoms with Crippen molar-refractivity contribution < 1.29 is 33.4 Å². The molecule has 0 radical (unpaired) electrons. The van der Waals surface area contributed by atoms with Crippen molar-refractivity contribution in [3.63, 3.8) is 0 Å². The van der Waals surface area contributed by atoms with Crippen LogP contribution in [0.4, 0.5) is 8.78 Å². The second kappa shape index (κ2) is 12.2. The number of carbonyl (C=O) groups excluding carboxylic acids is 1. The minimum atomic E-state index is -3.18. The first-order chi connectivity index (χ1) is 16.3. The van der Waals surface area contributed by atoms with Crippen LogP contribution in [0.5, 0.6) is 5.75 Å². The van der Waals surface area contributed by atoms with Gasteiger partial charge in [-0.15, -0.1) is 0 Å². The van der Waals surface area contributed by atoms with E-state index in [1.807, 2.05) is 36.4 Å². The van der Waals surface area contributed by atoms with Crippen molar-refractivity contribution in [3.05, 3.63) is 54.1 Å². The predicted octanol–water partition coefficient (Wildman–Crippen LogP) is 2.04. The number of benzene rings is 2. The van der Waals surface area contributed by atoms with Crippen LogP contribution in [-0.4, -0.2) is 78.6 Å². The van der Waals surface area contributed by atoms with Gasteiger partial charge in [-0.3, -0.25) is 20.2 Å². The van der Waals surface area contributed by atoms with E-state index in [-0.39, 0.29) is 6.54 Å². The maximum Gasteiger partial charge on any atom is 0.268 e. The minimum absolute atomic E-state index is 0.0388. The van der Waals surface area contributed by atoms with Crippen molar-refractivity contribution in [2.24, 2.45) is 0 Å². The second-order valence-electron chi connectivity index (χ2n) is 8.34. The molecule has 0 spiro atoms. The fraction of sp³-hybridized carbons (Fsp3) is 0.458. The van der Waals surface area contributed by atoms with Gasteiger partial charge in [-0.05, 0) is 35.7 Å². The van der Waals surface area contributed by atoms with Gasteiger partial charge >= 0.3 is 0 Å². The SMILES string of the molecule is C[C@@](O)(C(F)F)[C@H](NCc1ccc(-c2ccc(OCCN3CCOCC3)cc2)cc1)C(=O)NO. The lowest BCUT2D eigenvalue weighted by Crippen LogP contribution is -2.60.